The van der Waals surface area contributed by atoms with E-state index in [-0.39, 0.29) is 0 Å². The predicted molar refractivity (Wildman–Crippen MR) is 94.8 cm³/mol. The summed E-state index contributed by atoms with van der Waals surface area (Å²) in [6.07, 6.45) is 7.06. The summed E-state index contributed by atoms with van der Waals surface area (Å²) in [7, 11) is 0. The molecule has 120 valence electrons. The van der Waals surface area contributed by atoms with Crippen LogP contribution in [0.3, 0.4) is 0 Å². The first-order chi connectivity index (χ1) is 11.6. The highest BCUT2D eigenvalue weighted by atomic mass is 16.5. The van der Waals surface area contributed by atoms with Crippen LogP contribution in [0, 0.1) is 13.8 Å². The van der Waals surface area contributed by atoms with E-state index in [1.165, 1.54) is 0 Å². The Morgan fingerprint density at radius 2 is 2.08 bits per heavy atom. The van der Waals surface area contributed by atoms with Gasteiger partial charge >= 0.3 is 0 Å². The maximum absolute atomic E-state index is 5.94. The number of nitrogens with two attached hydrogens (primary N) is 1. The minimum Gasteiger partial charge on any atom is -0.455 e. The molecule has 5 nitrogen and oxygen atoms in total. The summed E-state index contributed by atoms with van der Waals surface area (Å²) >= 11 is 0. The van der Waals surface area contributed by atoms with Crippen molar-refractivity contribution in [3.05, 3.63) is 71.7 Å². The van der Waals surface area contributed by atoms with Crippen LogP contribution in [0.25, 0.3) is 22.4 Å². The van der Waals surface area contributed by atoms with Crippen molar-refractivity contribution in [1.82, 2.24) is 14.8 Å². The molecule has 1 unspecified atom stereocenters. The fraction of sp³-hybridized carbons (Fsp3) is 0.158. The molecule has 5 heteroatoms. The first-order valence-corrected chi connectivity index (χ1v) is 7.85. The molecule has 24 heavy (non-hydrogen) atoms. The molecule has 0 saturated carbocycles. The van der Waals surface area contributed by atoms with Gasteiger partial charge in [0.2, 0.25) is 5.88 Å². The van der Waals surface area contributed by atoms with Crippen LogP contribution in [0.1, 0.15) is 16.8 Å². The third-order valence-corrected chi connectivity index (χ3v) is 4.07. The van der Waals surface area contributed by atoms with Gasteiger partial charge in [-0.05, 0) is 61.4 Å². The van der Waals surface area contributed by atoms with Gasteiger partial charge in [-0.15, -0.1) is 0 Å². The van der Waals surface area contributed by atoms with Crippen LogP contribution in [0.2, 0.25) is 0 Å². The van der Waals surface area contributed by atoms with E-state index in [0.717, 1.165) is 33.3 Å². The number of aryl methyl sites for hydroxylation is 2. The molecule has 3 heterocycles. The minimum atomic E-state index is -0.475. The van der Waals surface area contributed by atoms with Crippen molar-refractivity contribution in [1.29, 1.82) is 0 Å². The van der Waals surface area contributed by atoms with Gasteiger partial charge in [0.15, 0.2) is 6.23 Å². The summed E-state index contributed by atoms with van der Waals surface area (Å²) in [5, 5.41) is 5.56. The number of aromatic nitrogens is 3. The summed E-state index contributed by atoms with van der Waals surface area (Å²) in [5.74, 6) is 0.640. The predicted octanol–water partition coefficient (Wildman–Crippen LogP) is 3.25. The first kappa shape index (κ1) is 14.7. The molecule has 2 aromatic heterocycles. The molecule has 0 radical (unpaired) electrons. The average molecular weight is 318 g/mol. The second-order valence-electron chi connectivity index (χ2n) is 5.93. The Balaban J connectivity index is 1.93. The summed E-state index contributed by atoms with van der Waals surface area (Å²) in [6, 6.07) is 10.2. The summed E-state index contributed by atoms with van der Waals surface area (Å²) in [5.41, 5.74) is 11.0. The zero-order chi connectivity index (χ0) is 16.7. The van der Waals surface area contributed by atoms with Gasteiger partial charge < -0.3 is 4.74 Å². The summed E-state index contributed by atoms with van der Waals surface area (Å²) < 4.78 is 7.59. The SMILES string of the molecule is Cc1ccn(C2=C(c3cc(C)c4ncccc4c3)C=CC(N)O2)n1. The highest BCUT2D eigenvalue weighted by molar-refractivity contribution is 5.93. The van der Waals surface area contributed by atoms with Crippen molar-refractivity contribution in [3.63, 3.8) is 0 Å². The number of rotatable bonds is 2. The van der Waals surface area contributed by atoms with E-state index in [1.54, 1.807) is 4.68 Å². The molecule has 0 bridgehead atoms. The fourth-order valence-corrected chi connectivity index (χ4v) is 2.95. The molecule has 1 aliphatic rings. The van der Waals surface area contributed by atoms with Crippen LogP contribution in [0.4, 0.5) is 0 Å². The molecule has 0 amide bonds. The number of allylic oxidation sites excluding steroid dienone is 2. The van der Waals surface area contributed by atoms with E-state index < -0.39 is 6.23 Å². The maximum Gasteiger partial charge on any atom is 0.224 e. The fourth-order valence-electron chi connectivity index (χ4n) is 2.95. The van der Waals surface area contributed by atoms with E-state index in [0.29, 0.717) is 5.88 Å². The van der Waals surface area contributed by atoms with Crippen LogP contribution in [-0.2, 0) is 4.74 Å². The summed E-state index contributed by atoms with van der Waals surface area (Å²) in [6.45, 7) is 4.01. The highest BCUT2D eigenvalue weighted by Gasteiger charge is 2.19. The molecule has 4 rings (SSSR count). The molecule has 0 fully saturated rings. The monoisotopic (exact) mass is 318 g/mol. The third kappa shape index (κ3) is 2.49. The molecular formula is C19H18N4O. The maximum atomic E-state index is 5.94. The Morgan fingerprint density at radius 1 is 1.21 bits per heavy atom. The van der Waals surface area contributed by atoms with Crippen LogP contribution < -0.4 is 5.73 Å². The van der Waals surface area contributed by atoms with Gasteiger partial charge in [0, 0.05) is 23.4 Å². The summed E-state index contributed by atoms with van der Waals surface area (Å²) in [4.78, 5) is 4.46. The number of fused-ring (bicyclic) bond motifs is 1. The lowest BCUT2D eigenvalue weighted by molar-refractivity contribution is 0.197. The standard InChI is InChI=1S/C19H18N4O/c1-12-10-15(11-14-4-3-8-21-18(12)14)16-5-6-17(20)24-19(16)23-9-7-13(2)22-23/h3-11,17H,20H2,1-2H3. The Kier molecular flexibility index (Phi) is 3.43. The van der Waals surface area contributed by atoms with E-state index >= 15 is 0 Å². The molecule has 0 spiro atoms. The first-order valence-electron chi connectivity index (χ1n) is 7.85. The molecule has 1 aromatic carbocycles. The zero-order valence-corrected chi connectivity index (χ0v) is 13.6. The van der Waals surface area contributed by atoms with Crippen molar-refractivity contribution in [2.45, 2.75) is 20.1 Å². The van der Waals surface area contributed by atoms with E-state index in [9.17, 15) is 0 Å². The number of ether oxygens (including phenoxy) is 1. The van der Waals surface area contributed by atoms with Gasteiger partial charge in [-0.3, -0.25) is 10.7 Å². The lowest BCUT2D eigenvalue weighted by Crippen LogP contribution is -2.25. The van der Waals surface area contributed by atoms with Crippen molar-refractivity contribution < 1.29 is 4.74 Å². The molecule has 1 atom stereocenters. The van der Waals surface area contributed by atoms with Crippen LogP contribution in [0.15, 0.2) is 54.9 Å². The Hall–Kier alpha value is -2.92. The van der Waals surface area contributed by atoms with Crippen LogP contribution in [0.5, 0.6) is 0 Å². The van der Waals surface area contributed by atoms with E-state index in [2.05, 4.69) is 35.2 Å². The number of nitrogens with zero attached hydrogens (tertiary/aromatic N) is 3. The lowest BCUT2D eigenvalue weighted by atomic mass is 9.99. The Morgan fingerprint density at radius 3 is 2.88 bits per heavy atom. The van der Waals surface area contributed by atoms with Crippen LogP contribution in [-0.4, -0.2) is 21.0 Å². The van der Waals surface area contributed by atoms with Crippen molar-refractivity contribution >= 4 is 22.4 Å². The molecule has 3 aromatic rings. The van der Waals surface area contributed by atoms with Crippen LogP contribution >= 0.6 is 0 Å². The Labute approximate surface area is 140 Å². The second kappa shape index (κ2) is 5.62. The molecular weight excluding hydrogens is 300 g/mol. The number of hydrogen-bond donors (Lipinski definition) is 1. The highest BCUT2D eigenvalue weighted by Crippen LogP contribution is 2.31. The quantitative estimate of drug-likeness (QED) is 0.787. The van der Waals surface area contributed by atoms with Crippen molar-refractivity contribution in [2.24, 2.45) is 5.73 Å². The molecule has 1 aliphatic heterocycles. The van der Waals surface area contributed by atoms with Gasteiger partial charge in [0.05, 0.1) is 11.2 Å². The van der Waals surface area contributed by atoms with Gasteiger partial charge in [-0.1, -0.05) is 6.07 Å². The number of hydrogen-bond acceptors (Lipinski definition) is 4. The third-order valence-electron chi connectivity index (χ3n) is 4.07. The average Bonchev–Trinajstić information content (AvgIpc) is 3.01. The van der Waals surface area contributed by atoms with Gasteiger partial charge in [0.25, 0.3) is 0 Å². The smallest absolute Gasteiger partial charge is 0.224 e. The Bertz CT molecular complexity index is 984. The van der Waals surface area contributed by atoms with Crippen molar-refractivity contribution in [3.8, 4) is 0 Å². The van der Waals surface area contributed by atoms with E-state index in [1.807, 2.05) is 43.6 Å². The molecule has 0 saturated heterocycles. The lowest BCUT2D eigenvalue weighted by Gasteiger charge is -2.22. The van der Waals surface area contributed by atoms with E-state index in [4.69, 9.17) is 10.5 Å². The van der Waals surface area contributed by atoms with Gasteiger partial charge in [0.1, 0.15) is 0 Å². The van der Waals surface area contributed by atoms with Crippen molar-refractivity contribution in [2.75, 3.05) is 0 Å². The topological polar surface area (TPSA) is 66.0 Å². The van der Waals surface area contributed by atoms with Gasteiger partial charge in [-0.2, -0.15) is 5.10 Å². The normalized spacial score (nSPS) is 17.4. The molecule has 2 N–H and O–H groups in total. The van der Waals surface area contributed by atoms with Gasteiger partial charge in [-0.25, -0.2) is 4.68 Å². The second-order valence-corrected chi connectivity index (χ2v) is 5.93. The number of pyridine rings is 1. The zero-order valence-electron chi connectivity index (χ0n) is 13.6. The number of benzene rings is 1. The minimum absolute atomic E-state index is 0.475. The molecule has 0 aliphatic carbocycles. The largest absolute Gasteiger partial charge is 0.455 e.